The van der Waals surface area contributed by atoms with Crippen LogP contribution < -0.4 is 4.90 Å². The number of nitrogens with zero attached hydrogens (tertiary/aromatic N) is 4. The Morgan fingerprint density at radius 1 is 1.09 bits per heavy atom. The van der Waals surface area contributed by atoms with E-state index in [0.717, 1.165) is 35.8 Å². The molecular weight excluding hydrogens is 444 g/mol. The van der Waals surface area contributed by atoms with Crippen LogP contribution in [0.4, 0.5) is 5.69 Å². The Hall–Kier alpha value is -3.24. The molecule has 1 fully saturated rings. The average molecular weight is 471 g/mol. The fraction of sp³-hybridized carbons (Fsp3) is 0.348. The minimum Gasteiger partial charge on any atom is -0.449 e. The first-order chi connectivity index (χ1) is 15.8. The second-order valence-corrected chi connectivity index (χ2v) is 10.2. The Kier molecular flexibility index (Phi) is 6.48. The van der Waals surface area contributed by atoms with Gasteiger partial charge in [-0.05, 0) is 50.1 Å². The van der Waals surface area contributed by atoms with Crippen LogP contribution in [-0.2, 0) is 14.8 Å². The summed E-state index contributed by atoms with van der Waals surface area (Å²) in [5.74, 6) is -0.174. The van der Waals surface area contributed by atoms with Gasteiger partial charge in [-0.25, -0.2) is 17.5 Å². The van der Waals surface area contributed by atoms with Crippen LogP contribution in [0, 0.1) is 0 Å². The van der Waals surface area contributed by atoms with Gasteiger partial charge in [-0.15, -0.1) is 10.2 Å². The fourth-order valence-corrected chi connectivity index (χ4v) is 4.58. The highest BCUT2D eigenvalue weighted by molar-refractivity contribution is 7.89. The lowest BCUT2D eigenvalue weighted by molar-refractivity contribution is 0.0280. The van der Waals surface area contributed by atoms with E-state index in [0.29, 0.717) is 11.6 Å². The van der Waals surface area contributed by atoms with Gasteiger partial charge in [0.1, 0.15) is 0 Å². The molecule has 0 spiro atoms. The quantitative estimate of drug-likeness (QED) is 0.483. The summed E-state index contributed by atoms with van der Waals surface area (Å²) >= 11 is 0. The molecule has 0 bridgehead atoms. The number of carbonyl (C=O) groups is 1. The van der Waals surface area contributed by atoms with Gasteiger partial charge < -0.3 is 14.1 Å². The highest BCUT2D eigenvalue weighted by Gasteiger charge is 2.27. The predicted octanol–water partition coefficient (Wildman–Crippen LogP) is 3.51. The molecule has 0 saturated carbocycles. The number of ether oxygens (including phenoxy) is 1. The van der Waals surface area contributed by atoms with E-state index in [2.05, 4.69) is 15.1 Å². The van der Waals surface area contributed by atoms with Crippen LogP contribution in [0.25, 0.3) is 11.5 Å². The van der Waals surface area contributed by atoms with Crippen molar-refractivity contribution in [3.63, 3.8) is 0 Å². The van der Waals surface area contributed by atoms with Crippen molar-refractivity contribution in [2.24, 2.45) is 0 Å². The SMILES string of the molecule is CC(OC(=O)c1cc(S(=O)(=O)N(C)C)ccc1N1CCCC1)c1nnc(-c2ccccc2)o1. The monoisotopic (exact) mass is 470 g/mol. The van der Waals surface area contributed by atoms with Crippen molar-refractivity contribution in [3.05, 3.63) is 60.0 Å². The normalized spacial score (nSPS) is 15.1. The Morgan fingerprint density at radius 2 is 1.79 bits per heavy atom. The number of rotatable bonds is 7. The van der Waals surface area contributed by atoms with Crippen LogP contribution in [0.15, 0.2) is 57.8 Å². The molecule has 2 aromatic carbocycles. The number of aromatic nitrogens is 2. The molecule has 1 aliphatic heterocycles. The standard InChI is InChI=1S/C23H26N4O5S/c1-16(21-24-25-22(32-21)17-9-5-4-6-10-17)31-23(28)19-15-18(33(29,30)26(2)3)11-12-20(19)27-13-7-8-14-27/h4-6,9-12,15-16H,7-8,13-14H2,1-3H3. The van der Waals surface area contributed by atoms with Crippen molar-refractivity contribution in [1.82, 2.24) is 14.5 Å². The Bertz CT molecular complexity index is 1230. The van der Waals surface area contributed by atoms with Gasteiger partial charge in [-0.3, -0.25) is 0 Å². The Labute approximate surface area is 193 Å². The van der Waals surface area contributed by atoms with E-state index in [9.17, 15) is 13.2 Å². The topological polar surface area (TPSA) is 106 Å². The lowest BCUT2D eigenvalue weighted by atomic mass is 10.1. The molecule has 2 heterocycles. The van der Waals surface area contributed by atoms with Crippen LogP contribution in [0.2, 0.25) is 0 Å². The number of hydrogen-bond donors (Lipinski definition) is 0. The van der Waals surface area contributed by atoms with Gasteiger partial charge in [0.2, 0.25) is 15.9 Å². The minimum absolute atomic E-state index is 0.0270. The molecule has 33 heavy (non-hydrogen) atoms. The number of anilines is 1. The summed E-state index contributed by atoms with van der Waals surface area (Å²) in [5.41, 5.74) is 1.60. The van der Waals surface area contributed by atoms with Crippen molar-refractivity contribution in [2.75, 3.05) is 32.1 Å². The first kappa shape index (κ1) is 22.9. The second-order valence-electron chi connectivity index (χ2n) is 8.02. The minimum atomic E-state index is -3.71. The summed E-state index contributed by atoms with van der Waals surface area (Å²) in [6.07, 6.45) is 1.20. The Morgan fingerprint density at radius 3 is 2.45 bits per heavy atom. The highest BCUT2D eigenvalue weighted by Crippen LogP contribution is 2.30. The van der Waals surface area contributed by atoms with Gasteiger partial charge in [0.25, 0.3) is 5.89 Å². The van der Waals surface area contributed by atoms with E-state index in [1.807, 2.05) is 30.3 Å². The second kappa shape index (κ2) is 9.32. The predicted molar refractivity (Wildman–Crippen MR) is 122 cm³/mol. The third-order valence-electron chi connectivity index (χ3n) is 5.51. The van der Waals surface area contributed by atoms with Gasteiger partial charge in [0.15, 0.2) is 6.10 Å². The van der Waals surface area contributed by atoms with E-state index < -0.39 is 22.1 Å². The third kappa shape index (κ3) is 4.76. The molecule has 1 aliphatic rings. The van der Waals surface area contributed by atoms with Gasteiger partial charge in [-0.2, -0.15) is 0 Å². The average Bonchev–Trinajstić information content (AvgIpc) is 3.52. The zero-order valence-corrected chi connectivity index (χ0v) is 19.6. The molecule has 1 saturated heterocycles. The van der Waals surface area contributed by atoms with E-state index in [1.54, 1.807) is 13.0 Å². The van der Waals surface area contributed by atoms with Crippen LogP contribution in [0.5, 0.6) is 0 Å². The van der Waals surface area contributed by atoms with Crippen molar-refractivity contribution in [1.29, 1.82) is 0 Å². The smallest absolute Gasteiger partial charge is 0.341 e. The summed E-state index contributed by atoms with van der Waals surface area (Å²) in [6.45, 7) is 3.22. The lowest BCUT2D eigenvalue weighted by Gasteiger charge is -2.22. The maximum Gasteiger partial charge on any atom is 0.341 e. The number of hydrogen-bond acceptors (Lipinski definition) is 8. The van der Waals surface area contributed by atoms with Crippen LogP contribution in [0.1, 0.15) is 42.1 Å². The number of carbonyl (C=O) groups excluding carboxylic acids is 1. The summed E-state index contributed by atoms with van der Waals surface area (Å²) in [5, 5.41) is 8.05. The maximum atomic E-state index is 13.2. The van der Waals surface area contributed by atoms with Crippen LogP contribution in [-0.4, -0.2) is 56.1 Å². The first-order valence-electron chi connectivity index (χ1n) is 10.7. The molecule has 0 N–H and O–H groups in total. The van der Waals surface area contributed by atoms with Gasteiger partial charge in [0.05, 0.1) is 16.1 Å². The molecule has 174 valence electrons. The van der Waals surface area contributed by atoms with Crippen molar-refractivity contribution in [2.45, 2.75) is 30.8 Å². The molecule has 1 atom stereocenters. The first-order valence-corrected chi connectivity index (χ1v) is 12.1. The molecule has 4 rings (SSSR count). The van der Waals surface area contributed by atoms with Gasteiger partial charge in [0, 0.05) is 32.7 Å². The number of sulfonamides is 1. The molecule has 0 aliphatic carbocycles. The number of benzene rings is 2. The summed E-state index contributed by atoms with van der Waals surface area (Å²) in [6, 6.07) is 13.8. The molecule has 1 aromatic heterocycles. The van der Waals surface area contributed by atoms with E-state index in [4.69, 9.17) is 9.15 Å². The lowest BCUT2D eigenvalue weighted by Crippen LogP contribution is -2.25. The number of esters is 1. The molecule has 1 unspecified atom stereocenters. The summed E-state index contributed by atoms with van der Waals surface area (Å²) < 4.78 is 37.7. The van der Waals surface area contributed by atoms with E-state index in [-0.39, 0.29) is 16.3 Å². The molecule has 10 heteroatoms. The van der Waals surface area contributed by atoms with Crippen LogP contribution in [0.3, 0.4) is 0 Å². The fourth-order valence-electron chi connectivity index (χ4n) is 3.65. The molecular formula is C23H26N4O5S. The van der Waals surface area contributed by atoms with E-state index >= 15 is 0 Å². The van der Waals surface area contributed by atoms with Crippen molar-refractivity contribution >= 4 is 21.7 Å². The summed E-state index contributed by atoms with van der Waals surface area (Å²) in [7, 11) is -0.819. The Balaban J connectivity index is 1.61. The van der Waals surface area contributed by atoms with Crippen LogP contribution >= 0.6 is 0 Å². The molecule has 0 radical (unpaired) electrons. The third-order valence-corrected chi connectivity index (χ3v) is 7.32. The zero-order valence-electron chi connectivity index (χ0n) is 18.8. The largest absolute Gasteiger partial charge is 0.449 e. The molecule has 3 aromatic rings. The summed E-state index contributed by atoms with van der Waals surface area (Å²) in [4.78, 5) is 15.3. The molecule has 9 nitrogen and oxygen atoms in total. The highest BCUT2D eigenvalue weighted by atomic mass is 32.2. The molecule has 0 amide bonds. The van der Waals surface area contributed by atoms with Gasteiger partial charge >= 0.3 is 5.97 Å². The van der Waals surface area contributed by atoms with Crippen molar-refractivity contribution in [3.8, 4) is 11.5 Å². The van der Waals surface area contributed by atoms with E-state index in [1.165, 1.54) is 26.2 Å². The zero-order chi connectivity index (χ0) is 23.6. The van der Waals surface area contributed by atoms with Crippen molar-refractivity contribution < 1.29 is 22.4 Å². The van der Waals surface area contributed by atoms with Gasteiger partial charge in [-0.1, -0.05) is 18.2 Å². The maximum absolute atomic E-state index is 13.2.